The number of ether oxygens (including phenoxy) is 1. The lowest BCUT2D eigenvalue weighted by atomic mass is 10.2. The minimum Gasteiger partial charge on any atom is -0.486 e. The van der Waals surface area contributed by atoms with Crippen LogP contribution in [0.15, 0.2) is 53.7 Å². The van der Waals surface area contributed by atoms with Gasteiger partial charge in [-0.15, -0.1) is 10.2 Å². The number of aromatic nitrogens is 3. The van der Waals surface area contributed by atoms with Crippen LogP contribution in [-0.2, 0) is 17.9 Å². The first-order chi connectivity index (χ1) is 13.6. The van der Waals surface area contributed by atoms with Crippen LogP contribution in [0, 0.1) is 12.7 Å². The topological polar surface area (TPSA) is 69.0 Å². The van der Waals surface area contributed by atoms with Crippen LogP contribution in [0.25, 0.3) is 0 Å². The molecule has 0 aliphatic carbocycles. The molecule has 0 saturated heterocycles. The van der Waals surface area contributed by atoms with E-state index in [9.17, 15) is 9.18 Å². The quantitative estimate of drug-likeness (QED) is 0.578. The van der Waals surface area contributed by atoms with Gasteiger partial charge in [0.25, 0.3) is 0 Å². The van der Waals surface area contributed by atoms with Gasteiger partial charge < -0.3 is 14.6 Å². The van der Waals surface area contributed by atoms with Gasteiger partial charge in [-0.2, -0.15) is 0 Å². The Morgan fingerprint density at radius 1 is 1.21 bits per heavy atom. The maximum Gasteiger partial charge on any atom is 0.234 e. The summed E-state index contributed by atoms with van der Waals surface area (Å²) >= 11 is 1.25. The number of benzene rings is 2. The lowest BCUT2D eigenvalue weighted by Gasteiger charge is -2.09. The van der Waals surface area contributed by atoms with Gasteiger partial charge >= 0.3 is 0 Å². The molecule has 28 heavy (non-hydrogen) atoms. The van der Waals surface area contributed by atoms with Crippen LogP contribution >= 0.6 is 11.8 Å². The minimum absolute atomic E-state index is 0.102. The maximum absolute atomic E-state index is 13.6. The second-order valence-corrected chi connectivity index (χ2v) is 7.01. The van der Waals surface area contributed by atoms with Crippen molar-refractivity contribution in [3.05, 3.63) is 65.7 Å². The Labute approximate surface area is 167 Å². The molecule has 1 amide bonds. The second kappa shape index (κ2) is 9.36. The molecule has 0 fully saturated rings. The highest BCUT2D eigenvalue weighted by Gasteiger charge is 2.14. The molecule has 2 aromatic carbocycles. The first-order valence-electron chi connectivity index (χ1n) is 8.85. The number of para-hydroxylation sites is 1. The number of hydrogen-bond acceptors (Lipinski definition) is 5. The average molecular weight is 400 g/mol. The van der Waals surface area contributed by atoms with Gasteiger partial charge in [-0.25, -0.2) is 4.39 Å². The van der Waals surface area contributed by atoms with E-state index in [1.54, 1.807) is 12.1 Å². The number of aryl methyl sites for hydroxylation is 1. The lowest BCUT2D eigenvalue weighted by molar-refractivity contribution is -0.113. The summed E-state index contributed by atoms with van der Waals surface area (Å²) in [4.78, 5) is 12.1. The molecular weight excluding hydrogens is 379 g/mol. The zero-order chi connectivity index (χ0) is 19.9. The monoisotopic (exact) mass is 400 g/mol. The molecule has 0 atom stereocenters. The maximum atomic E-state index is 13.6. The summed E-state index contributed by atoms with van der Waals surface area (Å²) in [5.74, 6) is 0.780. The minimum atomic E-state index is -0.465. The van der Waals surface area contributed by atoms with Gasteiger partial charge in [0.1, 0.15) is 18.2 Å². The molecule has 8 heteroatoms. The summed E-state index contributed by atoms with van der Waals surface area (Å²) in [5.41, 5.74) is 1.28. The van der Waals surface area contributed by atoms with Gasteiger partial charge in [0.05, 0.1) is 11.4 Å². The molecule has 0 aliphatic heterocycles. The van der Waals surface area contributed by atoms with Crippen LogP contribution in [0.1, 0.15) is 18.3 Å². The number of carbonyl (C=O) groups excluding carboxylic acids is 1. The van der Waals surface area contributed by atoms with Crippen molar-refractivity contribution in [1.82, 2.24) is 14.8 Å². The average Bonchev–Trinajstić information content (AvgIpc) is 3.08. The number of halogens is 1. The van der Waals surface area contributed by atoms with E-state index < -0.39 is 5.82 Å². The predicted molar refractivity (Wildman–Crippen MR) is 107 cm³/mol. The summed E-state index contributed by atoms with van der Waals surface area (Å²) in [6.45, 7) is 4.91. The van der Waals surface area contributed by atoms with E-state index in [-0.39, 0.29) is 24.0 Å². The van der Waals surface area contributed by atoms with E-state index >= 15 is 0 Å². The zero-order valence-corrected chi connectivity index (χ0v) is 16.5. The van der Waals surface area contributed by atoms with Crippen molar-refractivity contribution in [2.24, 2.45) is 0 Å². The van der Waals surface area contributed by atoms with Gasteiger partial charge in [-0.1, -0.05) is 36.0 Å². The smallest absolute Gasteiger partial charge is 0.234 e. The number of hydrogen-bond donors (Lipinski definition) is 1. The number of amides is 1. The number of nitrogens with zero attached hydrogens (tertiary/aromatic N) is 3. The Morgan fingerprint density at radius 3 is 2.79 bits per heavy atom. The van der Waals surface area contributed by atoms with E-state index in [1.807, 2.05) is 42.7 Å². The molecule has 3 aromatic rings. The van der Waals surface area contributed by atoms with Gasteiger partial charge in [-0.3, -0.25) is 4.79 Å². The third-order valence-electron chi connectivity index (χ3n) is 3.95. The molecule has 0 unspecified atom stereocenters. The molecule has 1 aromatic heterocycles. The summed E-state index contributed by atoms with van der Waals surface area (Å²) < 4.78 is 21.3. The number of anilines is 1. The summed E-state index contributed by atoms with van der Waals surface area (Å²) in [6, 6.07) is 13.8. The van der Waals surface area contributed by atoms with Crippen LogP contribution < -0.4 is 10.1 Å². The molecular formula is C20H21FN4O2S. The summed E-state index contributed by atoms with van der Waals surface area (Å²) in [7, 11) is 0. The standard InChI is InChI=1S/C20H21FN4O2S/c1-3-25-18(12-27-15-8-6-7-14(2)11-15)23-24-20(25)28-13-19(26)22-17-10-5-4-9-16(17)21/h4-11H,3,12-13H2,1-2H3,(H,22,26). The molecule has 0 radical (unpaired) electrons. The molecule has 0 spiro atoms. The molecule has 1 N–H and O–H groups in total. The molecule has 146 valence electrons. The molecule has 3 rings (SSSR count). The van der Waals surface area contributed by atoms with Crippen LogP contribution in [0.2, 0.25) is 0 Å². The zero-order valence-electron chi connectivity index (χ0n) is 15.7. The molecule has 0 bridgehead atoms. The largest absolute Gasteiger partial charge is 0.486 e. The van der Waals surface area contributed by atoms with Crippen LogP contribution in [-0.4, -0.2) is 26.4 Å². The Balaban J connectivity index is 1.58. The molecule has 0 saturated carbocycles. The first kappa shape index (κ1) is 19.9. The van der Waals surface area contributed by atoms with Crippen molar-refractivity contribution >= 4 is 23.4 Å². The highest BCUT2D eigenvalue weighted by atomic mass is 32.2. The Morgan fingerprint density at radius 2 is 2.04 bits per heavy atom. The fourth-order valence-electron chi connectivity index (χ4n) is 2.58. The van der Waals surface area contributed by atoms with Crippen molar-refractivity contribution in [2.45, 2.75) is 32.2 Å². The van der Waals surface area contributed by atoms with Gasteiger partial charge in [-0.05, 0) is 43.7 Å². The van der Waals surface area contributed by atoms with Gasteiger partial charge in [0.15, 0.2) is 11.0 Å². The Hall–Kier alpha value is -2.87. The van der Waals surface area contributed by atoms with E-state index in [4.69, 9.17) is 4.74 Å². The normalized spacial score (nSPS) is 10.7. The predicted octanol–water partition coefficient (Wildman–Crippen LogP) is 4.06. The van der Waals surface area contributed by atoms with E-state index in [0.29, 0.717) is 17.5 Å². The van der Waals surface area contributed by atoms with E-state index in [1.165, 1.54) is 23.9 Å². The van der Waals surface area contributed by atoms with Crippen molar-refractivity contribution < 1.29 is 13.9 Å². The fourth-order valence-corrected chi connectivity index (χ4v) is 3.40. The third-order valence-corrected chi connectivity index (χ3v) is 4.91. The lowest BCUT2D eigenvalue weighted by Crippen LogP contribution is -2.15. The number of nitrogens with one attached hydrogen (secondary N) is 1. The highest BCUT2D eigenvalue weighted by molar-refractivity contribution is 7.99. The second-order valence-electron chi connectivity index (χ2n) is 6.06. The molecule has 6 nitrogen and oxygen atoms in total. The van der Waals surface area contributed by atoms with E-state index in [2.05, 4.69) is 15.5 Å². The molecule has 1 heterocycles. The summed E-state index contributed by atoms with van der Waals surface area (Å²) in [5, 5.41) is 11.5. The van der Waals surface area contributed by atoms with Gasteiger partial charge in [0.2, 0.25) is 5.91 Å². The Bertz CT molecular complexity index is 961. The number of rotatable bonds is 8. The molecule has 0 aliphatic rings. The van der Waals surface area contributed by atoms with Crippen molar-refractivity contribution in [3.63, 3.8) is 0 Å². The Kier molecular flexibility index (Phi) is 6.65. The van der Waals surface area contributed by atoms with Crippen LogP contribution in [0.3, 0.4) is 0 Å². The van der Waals surface area contributed by atoms with Crippen molar-refractivity contribution in [3.8, 4) is 5.75 Å². The number of carbonyl (C=O) groups is 1. The summed E-state index contributed by atoms with van der Waals surface area (Å²) in [6.07, 6.45) is 0. The van der Waals surface area contributed by atoms with Crippen molar-refractivity contribution in [2.75, 3.05) is 11.1 Å². The van der Waals surface area contributed by atoms with Crippen LogP contribution in [0.5, 0.6) is 5.75 Å². The first-order valence-corrected chi connectivity index (χ1v) is 9.84. The highest BCUT2D eigenvalue weighted by Crippen LogP contribution is 2.20. The van der Waals surface area contributed by atoms with Crippen molar-refractivity contribution in [1.29, 1.82) is 0 Å². The fraction of sp³-hybridized carbons (Fsp3) is 0.250. The third kappa shape index (κ3) is 5.10. The SMILES string of the molecule is CCn1c(COc2cccc(C)c2)nnc1SCC(=O)Nc1ccccc1F. The van der Waals surface area contributed by atoms with E-state index in [0.717, 1.165) is 11.3 Å². The van der Waals surface area contributed by atoms with Gasteiger partial charge in [0, 0.05) is 6.54 Å². The number of thioether (sulfide) groups is 1. The van der Waals surface area contributed by atoms with Crippen LogP contribution in [0.4, 0.5) is 10.1 Å².